The van der Waals surface area contributed by atoms with E-state index < -0.39 is 5.97 Å². The second kappa shape index (κ2) is 2.86. The Kier molecular flexibility index (Phi) is 2.08. The molecule has 1 unspecified atom stereocenters. The molecule has 0 aromatic heterocycles. The Hall–Kier alpha value is -1.12. The van der Waals surface area contributed by atoms with Crippen LogP contribution in [-0.4, -0.2) is 18.9 Å². The van der Waals surface area contributed by atoms with E-state index in [9.17, 15) is 9.59 Å². The minimum atomic E-state index is -0.514. The van der Waals surface area contributed by atoms with Crippen LogP contribution in [0.3, 0.4) is 0 Å². The van der Waals surface area contributed by atoms with Crippen molar-refractivity contribution in [1.29, 1.82) is 0 Å². The minimum absolute atomic E-state index is 0.107. The molecule has 0 aromatic rings. The number of carbonyl (C=O) groups excluding carboxylic acids is 2. The fourth-order valence-electron chi connectivity index (χ4n) is 1.13. The Morgan fingerprint density at radius 3 is 2.73 bits per heavy atom. The van der Waals surface area contributed by atoms with Gasteiger partial charge < -0.3 is 4.74 Å². The molecule has 3 nitrogen and oxygen atoms in total. The quantitative estimate of drug-likeness (QED) is 0.412. The first kappa shape index (κ1) is 7.98. The molecule has 0 aromatic carbocycles. The zero-order valence-electron chi connectivity index (χ0n) is 6.59. The lowest BCUT2D eigenvalue weighted by atomic mass is 10.1. The predicted molar refractivity (Wildman–Crippen MR) is 38.9 cm³/mol. The molecular formula is C8H10O3. The average molecular weight is 154 g/mol. The molecule has 0 bridgehead atoms. The highest BCUT2D eigenvalue weighted by Gasteiger charge is 2.26. The SMILES string of the molecule is COC(=O)C1=CC(C)CC1=O. The summed E-state index contributed by atoms with van der Waals surface area (Å²) in [5.74, 6) is -0.444. The number of carbonyl (C=O) groups is 2. The number of ether oxygens (including phenoxy) is 1. The molecule has 60 valence electrons. The van der Waals surface area contributed by atoms with Crippen LogP contribution in [0, 0.1) is 5.92 Å². The van der Waals surface area contributed by atoms with E-state index in [1.807, 2.05) is 6.92 Å². The zero-order chi connectivity index (χ0) is 8.43. The van der Waals surface area contributed by atoms with Crippen LogP contribution in [0.5, 0.6) is 0 Å². The van der Waals surface area contributed by atoms with Crippen LogP contribution in [0.15, 0.2) is 11.6 Å². The third-order valence-electron chi connectivity index (χ3n) is 1.66. The summed E-state index contributed by atoms with van der Waals surface area (Å²) in [5, 5.41) is 0. The maximum atomic E-state index is 11.0. The van der Waals surface area contributed by atoms with Crippen molar-refractivity contribution in [3.05, 3.63) is 11.6 Å². The Labute approximate surface area is 65.0 Å². The van der Waals surface area contributed by atoms with E-state index in [0.29, 0.717) is 6.42 Å². The maximum absolute atomic E-state index is 11.0. The van der Waals surface area contributed by atoms with Crippen molar-refractivity contribution in [3.63, 3.8) is 0 Å². The first-order chi connectivity index (χ1) is 5.15. The van der Waals surface area contributed by atoms with Crippen LogP contribution in [0.4, 0.5) is 0 Å². The van der Waals surface area contributed by atoms with Gasteiger partial charge in [0, 0.05) is 6.42 Å². The molecule has 0 heterocycles. The first-order valence-corrected chi connectivity index (χ1v) is 3.48. The molecule has 0 radical (unpaired) electrons. The summed E-state index contributed by atoms with van der Waals surface area (Å²) >= 11 is 0. The summed E-state index contributed by atoms with van der Waals surface area (Å²) in [6, 6.07) is 0. The number of hydrogen-bond acceptors (Lipinski definition) is 3. The highest BCUT2D eigenvalue weighted by atomic mass is 16.5. The number of Topliss-reactive ketones (excluding diaryl/α,β-unsaturated/α-hetero) is 1. The van der Waals surface area contributed by atoms with Crippen LogP contribution < -0.4 is 0 Å². The molecule has 0 fully saturated rings. The molecular weight excluding hydrogens is 144 g/mol. The highest BCUT2D eigenvalue weighted by Crippen LogP contribution is 2.20. The second-order valence-corrected chi connectivity index (χ2v) is 2.68. The number of methoxy groups -OCH3 is 1. The lowest BCUT2D eigenvalue weighted by molar-refractivity contribution is -0.137. The summed E-state index contributed by atoms with van der Waals surface area (Å²) in [6.45, 7) is 1.90. The molecule has 1 rings (SSSR count). The van der Waals surface area contributed by atoms with Crippen LogP contribution >= 0.6 is 0 Å². The van der Waals surface area contributed by atoms with E-state index in [4.69, 9.17) is 0 Å². The Morgan fingerprint density at radius 1 is 1.73 bits per heavy atom. The van der Waals surface area contributed by atoms with Gasteiger partial charge in [0.05, 0.1) is 12.7 Å². The summed E-state index contributed by atoms with van der Waals surface area (Å²) in [4.78, 5) is 21.9. The van der Waals surface area contributed by atoms with Gasteiger partial charge in [-0.25, -0.2) is 4.79 Å². The molecule has 0 saturated carbocycles. The van der Waals surface area contributed by atoms with Crippen LogP contribution in [0.1, 0.15) is 13.3 Å². The average Bonchev–Trinajstić information content (AvgIpc) is 2.28. The van der Waals surface area contributed by atoms with Gasteiger partial charge in [-0.1, -0.05) is 13.0 Å². The zero-order valence-corrected chi connectivity index (χ0v) is 6.59. The molecule has 11 heavy (non-hydrogen) atoms. The molecule has 3 heteroatoms. The van der Waals surface area contributed by atoms with E-state index in [2.05, 4.69) is 4.74 Å². The van der Waals surface area contributed by atoms with Gasteiger partial charge in [0.25, 0.3) is 0 Å². The van der Waals surface area contributed by atoms with E-state index in [0.717, 1.165) is 0 Å². The lowest BCUT2D eigenvalue weighted by Gasteiger charge is -1.95. The molecule has 0 amide bonds. The number of hydrogen-bond donors (Lipinski definition) is 0. The van der Waals surface area contributed by atoms with Crippen molar-refractivity contribution < 1.29 is 14.3 Å². The van der Waals surface area contributed by atoms with Gasteiger partial charge in [0.1, 0.15) is 0 Å². The van der Waals surface area contributed by atoms with Crippen LogP contribution in [0.25, 0.3) is 0 Å². The topological polar surface area (TPSA) is 43.4 Å². The summed E-state index contributed by atoms with van der Waals surface area (Å²) in [5.41, 5.74) is 0.208. The third-order valence-corrected chi connectivity index (χ3v) is 1.66. The molecule has 1 atom stereocenters. The van der Waals surface area contributed by atoms with Gasteiger partial charge in [-0.3, -0.25) is 4.79 Å². The fourth-order valence-corrected chi connectivity index (χ4v) is 1.13. The van der Waals surface area contributed by atoms with E-state index >= 15 is 0 Å². The molecule has 0 N–H and O–H groups in total. The molecule has 1 aliphatic rings. The van der Waals surface area contributed by atoms with Gasteiger partial charge >= 0.3 is 5.97 Å². The van der Waals surface area contributed by atoms with Crippen molar-refractivity contribution in [3.8, 4) is 0 Å². The van der Waals surface area contributed by atoms with E-state index in [-0.39, 0.29) is 17.3 Å². The van der Waals surface area contributed by atoms with Gasteiger partial charge in [0.15, 0.2) is 5.78 Å². The number of rotatable bonds is 1. The largest absolute Gasteiger partial charge is 0.465 e. The van der Waals surface area contributed by atoms with Crippen molar-refractivity contribution in [1.82, 2.24) is 0 Å². The maximum Gasteiger partial charge on any atom is 0.341 e. The van der Waals surface area contributed by atoms with E-state index in [1.165, 1.54) is 7.11 Å². The normalized spacial score (nSPS) is 23.3. The van der Waals surface area contributed by atoms with Crippen molar-refractivity contribution in [2.45, 2.75) is 13.3 Å². The van der Waals surface area contributed by atoms with Gasteiger partial charge in [-0.2, -0.15) is 0 Å². The third kappa shape index (κ3) is 1.48. The summed E-state index contributed by atoms with van der Waals surface area (Å²) in [7, 11) is 1.28. The second-order valence-electron chi connectivity index (χ2n) is 2.68. The lowest BCUT2D eigenvalue weighted by Crippen LogP contribution is -2.10. The molecule has 1 aliphatic carbocycles. The van der Waals surface area contributed by atoms with Crippen molar-refractivity contribution in [2.75, 3.05) is 7.11 Å². The minimum Gasteiger partial charge on any atom is -0.465 e. The van der Waals surface area contributed by atoms with Gasteiger partial charge in [0.2, 0.25) is 0 Å². The monoisotopic (exact) mass is 154 g/mol. The molecule has 0 spiro atoms. The van der Waals surface area contributed by atoms with E-state index in [1.54, 1.807) is 6.08 Å². The summed E-state index contributed by atoms with van der Waals surface area (Å²) < 4.78 is 4.42. The van der Waals surface area contributed by atoms with Gasteiger partial charge in [-0.05, 0) is 5.92 Å². The van der Waals surface area contributed by atoms with Crippen LogP contribution in [-0.2, 0) is 14.3 Å². The van der Waals surface area contributed by atoms with Crippen molar-refractivity contribution in [2.24, 2.45) is 5.92 Å². The van der Waals surface area contributed by atoms with Crippen LogP contribution in [0.2, 0.25) is 0 Å². The fraction of sp³-hybridized carbons (Fsp3) is 0.500. The number of ketones is 1. The standard InChI is InChI=1S/C8H10O3/c1-5-3-6(7(9)4-5)8(10)11-2/h3,5H,4H2,1-2H3. The summed E-state index contributed by atoms with van der Waals surface area (Å²) in [6.07, 6.45) is 2.10. The van der Waals surface area contributed by atoms with Crippen molar-refractivity contribution >= 4 is 11.8 Å². The number of esters is 1. The molecule has 0 aliphatic heterocycles. The smallest absolute Gasteiger partial charge is 0.341 e. The first-order valence-electron chi connectivity index (χ1n) is 3.48. The Bertz CT molecular complexity index is 227. The predicted octanol–water partition coefficient (Wildman–Crippen LogP) is 0.695. The molecule has 0 saturated heterocycles. The van der Waals surface area contributed by atoms with Gasteiger partial charge in [-0.15, -0.1) is 0 Å². The Morgan fingerprint density at radius 2 is 2.36 bits per heavy atom. The number of allylic oxidation sites excluding steroid dienone is 1. The highest BCUT2D eigenvalue weighted by molar-refractivity contribution is 6.18. The Balaban J connectivity index is 2.79.